The van der Waals surface area contributed by atoms with Gasteiger partial charge in [0.15, 0.2) is 9.79 Å². The van der Waals surface area contributed by atoms with Crippen LogP contribution in [0.1, 0.15) is 19.3 Å². The highest BCUT2D eigenvalue weighted by Crippen LogP contribution is 2.81. The molecule has 0 N–H and O–H groups in total. The van der Waals surface area contributed by atoms with Crippen LogP contribution < -0.4 is 0 Å². The highest BCUT2D eigenvalue weighted by atomic mass is 32.2. The Labute approximate surface area is 183 Å². The average molecular weight is 501 g/mol. The monoisotopic (exact) mass is 501 g/mol. The molecule has 3 saturated carbocycles. The predicted octanol–water partition coefficient (Wildman–Crippen LogP) is 7.58. The summed E-state index contributed by atoms with van der Waals surface area (Å²) >= 11 is 1.48. The van der Waals surface area contributed by atoms with Crippen molar-refractivity contribution in [3.8, 4) is 0 Å². The maximum absolute atomic E-state index is 14.7. The van der Waals surface area contributed by atoms with E-state index in [0.717, 1.165) is 19.6 Å². The van der Waals surface area contributed by atoms with Gasteiger partial charge in [-0.15, -0.1) is 0 Å². The zero-order valence-corrected chi connectivity index (χ0v) is 17.6. The Morgan fingerprint density at radius 3 is 1.53 bits per heavy atom. The number of benzene rings is 2. The molecule has 6 rings (SSSR count). The quantitative estimate of drug-likeness (QED) is 0.308. The van der Waals surface area contributed by atoms with E-state index in [0.29, 0.717) is 0 Å². The van der Waals surface area contributed by atoms with Crippen LogP contribution in [0.25, 0.3) is 0 Å². The van der Waals surface area contributed by atoms with E-state index in [1.54, 1.807) is 24.3 Å². The second-order valence-electron chi connectivity index (χ2n) is 8.52. The van der Waals surface area contributed by atoms with E-state index < -0.39 is 64.3 Å². The third-order valence-electron chi connectivity index (χ3n) is 6.58. The fraction of sp³-hybridized carbons (Fsp3) is 0.429. The average Bonchev–Trinajstić information content (AvgIpc) is 2.64. The van der Waals surface area contributed by atoms with Crippen LogP contribution in [0.3, 0.4) is 0 Å². The minimum Gasteiger partial charge on any atom is -0.199 e. The highest BCUT2D eigenvalue weighted by Gasteiger charge is 2.94. The topological polar surface area (TPSA) is 0 Å². The van der Waals surface area contributed by atoms with Crippen LogP contribution in [-0.2, 0) is 10.9 Å². The third-order valence-corrected chi connectivity index (χ3v) is 10.9. The van der Waals surface area contributed by atoms with E-state index in [1.165, 1.54) is 11.8 Å². The Kier molecular flexibility index (Phi) is 4.42. The van der Waals surface area contributed by atoms with Crippen molar-refractivity contribution < 1.29 is 39.5 Å². The van der Waals surface area contributed by atoms with Crippen molar-refractivity contribution in [1.29, 1.82) is 0 Å². The normalized spacial score (nSPS) is 27.8. The summed E-state index contributed by atoms with van der Waals surface area (Å²) in [5.74, 6) is -18.9. The van der Waals surface area contributed by atoms with Gasteiger partial charge in [-0.1, -0.05) is 36.0 Å². The van der Waals surface area contributed by atoms with Gasteiger partial charge in [0.2, 0.25) is 0 Å². The fourth-order valence-corrected chi connectivity index (χ4v) is 10.1. The zero-order valence-electron chi connectivity index (χ0n) is 16.0. The molecule has 2 aromatic rings. The first-order valence-corrected chi connectivity index (χ1v) is 11.5. The standard InChI is InChI=1S/C21H14F9S2/c22-18(23,19(24,25)20(26,27)21(28,29)30)16-9-17(10-16,11-16)32-14-7-3-1-5-12(14)31-13-6-2-4-8-15(13)32/h1-8H,9-11H2/q+1. The van der Waals surface area contributed by atoms with Crippen LogP contribution in [0.5, 0.6) is 0 Å². The first-order valence-electron chi connectivity index (χ1n) is 9.50. The summed E-state index contributed by atoms with van der Waals surface area (Å²) in [6.45, 7) is 0. The van der Waals surface area contributed by atoms with Crippen LogP contribution >= 0.6 is 11.8 Å². The molecule has 172 valence electrons. The number of rotatable bonds is 4. The molecule has 0 radical (unpaired) electrons. The summed E-state index contributed by atoms with van der Waals surface area (Å²) in [7, 11) is -0.787. The van der Waals surface area contributed by atoms with Crippen molar-refractivity contribution in [3.05, 3.63) is 48.5 Å². The molecule has 4 aliphatic rings. The molecule has 3 fully saturated rings. The van der Waals surface area contributed by atoms with Crippen molar-refractivity contribution in [1.82, 2.24) is 0 Å². The lowest BCUT2D eigenvalue weighted by Gasteiger charge is -2.69. The molecule has 0 spiro atoms. The van der Waals surface area contributed by atoms with Crippen LogP contribution in [0, 0.1) is 5.41 Å². The van der Waals surface area contributed by atoms with E-state index in [4.69, 9.17) is 0 Å². The highest BCUT2D eigenvalue weighted by molar-refractivity contribution is 8.04. The lowest BCUT2D eigenvalue weighted by atomic mass is 9.40. The molecular formula is C21H14F9S2+. The summed E-state index contributed by atoms with van der Waals surface area (Å²) in [5.41, 5.74) is -2.58. The molecule has 2 aromatic carbocycles. The van der Waals surface area contributed by atoms with Gasteiger partial charge in [-0.05, 0) is 24.3 Å². The number of halogens is 9. The molecule has 0 amide bonds. The molecule has 1 aliphatic heterocycles. The van der Waals surface area contributed by atoms with Gasteiger partial charge in [-0.3, -0.25) is 0 Å². The summed E-state index contributed by atoms with van der Waals surface area (Å²) in [5, 5.41) is 0. The number of hydrogen-bond acceptors (Lipinski definition) is 1. The smallest absolute Gasteiger partial charge is 0.199 e. The van der Waals surface area contributed by atoms with Crippen molar-refractivity contribution in [2.75, 3.05) is 0 Å². The SMILES string of the molecule is FC(F)(F)C(F)(F)C(F)(F)C(F)(F)C12CC([S+]3c4ccccc4Sc4ccccc43)(C1)C2. The van der Waals surface area contributed by atoms with Crippen molar-refractivity contribution in [2.24, 2.45) is 5.41 Å². The Balaban J connectivity index is 1.50. The molecule has 0 nitrogen and oxygen atoms in total. The summed E-state index contributed by atoms with van der Waals surface area (Å²) < 4.78 is 121. The minimum absolute atomic E-state index is 0.535. The Hall–Kier alpha value is -1.49. The van der Waals surface area contributed by atoms with E-state index in [2.05, 4.69) is 0 Å². The van der Waals surface area contributed by atoms with Gasteiger partial charge in [-0.2, -0.15) is 39.5 Å². The minimum atomic E-state index is -6.84. The summed E-state index contributed by atoms with van der Waals surface area (Å²) in [4.78, 5) is 3.46. The van der Waals surface area contributed by atoms with E-state index in [-0.39, 0.29) is 0 Å². The molecule has 0 unspecified atom stereocenters. The molecule has 0 atom stereocenters. The van der Waals surface area contributed by atoms with E-state index in [9.17, 15) is 39.5 Å². The van der Waals surface area contributed by atoms with Crippen LogP contribution in [0.15, 0.2) is 68.1 Å². The van der Waals surface area contributed by atoms with Gasteiger partial charge in [0, 0.05) is 19.3 Å². The van der Waals surface area contributed by atoms with Crippen LogP contribution in [-0.4, -0.2) is 28.7 Å². The van der Waals surface area contributed by atoms with Gasteiger partial charge in [0.05, 0.1) is 26.1 Å². The van der Waals surface area contributed by atoms with Crippen LogP contribution in [0.2, 0.25) is 0 Å². The molecule has 1 heterocycles. The molecule has 11 heteroatoms. The molecule has 2 bridgehead atoms. The van der Waals surface area contributed by atoms with Crippen LogP contribution in [0.4, 0.5) is 39.5 Å². The zero-order chi connectivity index (χ0) is 23.4. The van der Waals surface area contributed by atoms with Gasteiger partial charge in [0.25, 0.3) is 0 Å². The molecular weight excluding hydrogens is 487 g/mol. The lowest BCUT2D eigenvalue weighted by Crippen LogP contribution is -2.81. The summed E-state index contributed by atoms with van der Waals surface area (Å²) in [6, 6.07) is 14.5. The molecule has 0 aromatic heterocycles. The van der Waals surface area contributed by atoms with Gasteiger partial charge in [-0.25, -0.2) is 0 Å². The van der Waals surface area contributed by atoms with Gasteiger partial charge in [0.1, 0.15) is 4.75 Å². The number of fused-ring (bicyclic) bond motifs is 2. The Bertz CT molecular complexity index is 1030. The molecule has 32 heavy (non-hydrogen) atoms. The second kappa shape index (κ2) is 6.34. The molecule has 3 aliphatic carbocycles. The van der Waals surface area contributed by atoms with Crippen molar-refractivity contribution in [2.45, 2.75) is 67.5 Å². The fourth-order valence-electron chi connectivity index (χ4n) is 5.06. The Morgan fingerprint density at radius 2 is 1.09 bits per heavy atom. The van der Waals surface area contributed by atoms with Gasteiger partial charge >= 0.3 is 23.9 Å². The van der Waals surface area contributed by atoms with E-state index >= 15 is 0 Å². The first kappa shape index (κ1) is 22.3. The number of hydrogen-bond donors (Lipinski definition) is 0. The van der Waals surface area contributed by atoms with E-state index in [1.807, 2.05) is 24.3 Å². The predicted molar refractivity (Wildman–Crippen MR) is 101 cm³/mol. The second-order valence-corrected chi connectivity index (χ2v) is 12.0. The maximum Gasteiger partial charge on any atom is 0.460 e. The van der Waals surface area contributed by atoms with Crippen molar-refractivity contribution >= 4 is 22.7 Å². The summed E-state index contributed by atoms with van der Waals surface area (Å²) in [6.07, 6.45) is -8.39. The largest absolute Gasteiger partial charge is 0.460 e. The number of alkyl halides is 9. The third kappa shape index (κ3) is 2.52. The lowest BCUT2D eigenvalue weighted by molar-refractivity contribution is -0.430. The molecule has 0 saturated heterocycles. The van der Waals surface area contributed by atoms with Gasteiger partial charge < -0.3 is 0 Å². The van der Waals surface area contributed by atoms with Crippen molar-refractivity contribution in [3.63, 3.8) is 0 Å². The Morgan fingerprint density at radius 1 is 0.656 bits per heavy atom. The maximum atomic E-state index is 14.7. The first-order chi connectivity index (χ1) is 14.7.